The van der Waals surface area contributed by atoms with E-state index in [0.717, 1.165) is 59.5 Å². The van der Waals surface area contributed by atoms with Crippen molar-refractivity contribution in [2.24, 2.45) is 0 Å². The molecule has 0 radical (unpaired) electrons. The summed E-state index contributed by atoms with van der Waals surface area (Å²) in [6.45, 7) is 4.75. The van der Waals surface area contributed by atoms with Crippen molar-refractivity contribution in [2.75, 3.05) is 19.2 Å². The zero-order valence-electron chi connectivity index (χ0n) is 19.0. The molecule has 3 aliphatic rings. The average Bonchev–Trinajstić information content (AvgIpc) is 3.45. The van der Waals surface area contributed by atoms with E-state index in [4.69, 9.17) is 25.5 Å². The normalized spacial score (nSPS) is 17.9. The summed E-state index contributed by atoms with van der Waals surface area (Å²) < 4.78 is 17.1. The first-order valence-corrected chi connectivity index (χ1v) is 12.0. The van der Waals surface area contributed by atoms with E-state index in [0.29, 0.717) is 22.9 Å². The van der Waals surface area contributed by atoms with Gasteiger partial charge in [-0.3, -0.25) is 4.79 Å². The summed E-state index contributed by atoms with van der Waals surface area (Å²) in [5.74, 6) is 2.25. The number of furan rings is 1. The number of carbonyl (C=O) groups is 1. The average molecular weight is 480 g/mol. The maximum absolute atomic E-state index is 13.3. The standard InChI is InChI=1S/C26H26ClN3O4/c1-15-28-23-18(27)11-17-12-21(34-24(17)22(23)26(29-15)8-4-3-5-9-26)25(31)30(2)13-16-6-7-19-20(10-16)33-14-32-19/h6-7,10-12,28-29H,1,3-5,8-9,13-14H2,2H3. The summed E-state index contributed by atoms with van der Waals surface area (Å²) in [7, 11) is 1.76. The number of nitrogens with one attached hydrogen (secondary N) is 2. The van der Waals surface area contributed by atoms with Crippen LogP contribution in [0, 0.1) is 0 Å². The smallest absolute Gasteiger partial charge is 0.289 e. The number of hydrogen-bond acceptors (Lipinski definition) is 6. The lowest BCUT2D eigenvalue weighted by atomic mass is 9.74. The van der Waals surface area contributed by atoms with Gasteiger partial charge in [-0.2, -0.15) is 0 Å². The molecule has 6 rings (SSSR count). The maximum atomic E-state index is 13.3. The lowest BCUT2D eigenvalue weighted by molar-refractivity contribution is 0.0755. The number of amides is 1. The number of carbonyl (C=O) groups excluding carboxylic acids is 1. The second-order valence-electron chi connectivity index (χ2n) is 9.36. The number of rotatable bonds is 3. The van der Waals surface area contributed by atoms with Gasteiger partial charge in [0, 0.05) is 24.5 Å². The monoisotopic (exact) mass is 479 g/mol. The number of ether oxygens (including phenoxy) is 2. The Morgan fingerprint density at radius 1 is 1.15 bits per heavy atom. The van der Waals surface area contributed by atoms with Gasteiger partial charge in [0.15, 0.2) is 17.3 Å². The van der Waals surface area contributed by atoms with Gasteiger partial charge in [-0.1, -0.05) is 43.5 Å². The Balaban J connectivity index is 1.36. The quantitative estimate of drug-likeness (QED) is 0.499. The molecule has 1 aromatic heterocycles. The van der Waals surface area contributed by atoms with Gasteiger partial charge in [0.25, 0.3) is 5.91 Å². The van der Waals surface area contributed by atoms with E-state index in [9.17, 15) is 4.79 Å². The number of fused-ring (bicyclic) bond motifs is 5. The van der Waals surface area contributed by atoms with Crippen LogP contribution in [0.3, 0.4) is 0 Å². The fourth-order valence-corrected chi connectivity index (χ4v) is 5.73. The molecule has 2 aromatic carbocycles. The topological polar surface area (TPSA) is 76.0 Å². The third kappa shape index (κ3) is 3.38. The number of nitrogens with zero attached hydrogens (tertiary/aromatic N) is 1. The van der Waals surface area contributed by atoms with E-state index in [-0.39, 0.29) is 24.0 Å². The Morgan fingerprint density at radius 2 is 1.94 bits per heavy atom. The van der Waals surface area contributed by atoms with Crippen molar-refractivity contribution < 1.29 is 18.7 Å². The van der Waals surface area contributed by atoms with Crippen LogP contribution < -0.4 is 20.1 Å². The molecule has 3 heterocycles. The molecule has 3 aromatic rings. The van der Waals surface area contributed by atoms with Crippen molar-refractivity contribution in [3.63, 3.8) is 0 Å². The Kier molecular flexibility index (Phi) is 4.92. The highest BCUT2D eigenvalue weighted by Crippen LogP contribution is 2.50. The van der Waals surface area contributed by atoms with Gasteiger partial charge in [0.2, 0.25) is 6.79 Å². The molecule has 0 bridgehead atoms. The lowest BCUT2D eigenvalue weighted by Crippen LogP contribution is -2.48. The van der Waals surface area contributed by atoms with Crippen molar-refractivity contribution in [2.45, 2.75) is 44.2 Å². The largest absolute Gasteiger partial charge is 0.454 e. The van der Waals surface area contributed by atoms with Crippen LogP contribution in [0.15, 0.2) is 47.1 Å². The summed E-state index contributed by atoms with van der Waals surface area (Å²) in [6, 6.07) is 9.35. The van der Waals surface area contributed by atoms with E-state index < -0.39 is 0 Å². The first-order valence-electron chi connectivity index (χ1n) is 11.6. The Hall–Kier alpha value is -3.32. The van der Waals surface area contributed by atoms with Crippen molar-refractivity contribution in [3.05, 3.63) is 64.6 Å². The van der Waals surface area contributed by atoms with Gasteiger partial charge >= 0.3 is 0 Å². The van der Waals surface area contributed by atoms with Gasteiger partial charge in [-0.05, 0) is 42.7 Å². The minimum absolute atomic E-state index is 0.197. The molecule has 1 saturated carbocycles. The molecule has 1 spiro atoms. The zero-order chi connectivity index (χ0) is 23.4. The molecular formula is C26H26ClN3O4. The molecule has 0 atom stereocenters. The molecule has 2 N–H and O–H groups in total. The van der Waals surface area contributed by atoms with Crippen LogP contribution in [0.2, 0.25) is 5.02 Å². The van der Waals surface area contributed by atoms with Crippen LogP contribution in [0.25, 0.3) is 11.0 Å². The van der Waals surface area contributed by atoms with Gasteiger partial charge in [0.1, 0.15) is 5.58 Å². The predicted molar refractivity (Wildman–Crippen MR) is 130 cm³/mol. The van der Waals surface area contributed by atoms with Crippen molar-refractivity contribution in [3.8, 4) is 11.5 Å². The highest BCUT2D eigenvalue weighted by Gasteiger charge is 2.42. The molecule has 1 aliphatic carbocycles. The van der Waals surface area contributed by atoms with Gasteiger partial charge in [-0.15, -0.1) is 0 Å². The molecule has 0 unspecified atom stereocenters. The number of benzene rings is 2. The molecular weight excluding hydrogens is 454 g/mol. The molecule has 8 heteroatoms. The van der Waals surface area contributed by atoms with Crippen molar-refractivity contribution in [1.29, 1.82) is 0 Å². The zero-order valence-corrected chi connectivity index (χ0v) is 19.8. The Labute approximate surface area is 202 Å². The van der Waals surface area contributed by atoms with E-state index in [1.165, 1.54) is 6.42 Å². The fraction of sp³-hybridized carbons (Fsp3) is 0.346. The van der Waals surface area contributed by atoms with E-state index in [2.05, 4.69) is 17.2 Å². The molecule has 2 aliphatic heterocycles. The van der Waals surface area contributed by atoms with Crippen LogP contribution in [0.1, 0.15) is 53.8 Å². The summed E-state index contributed by atoms with van der Waals surface area (Å²) in [4.78, 5) is 15.0. The highest BCUT2D eigenvalue weighted by atomic mass is 35.5. The van der Waals surface area contributed by atoms with Crippen LogP contribution in [0.5, 0.6) is 11.5 Å². The minimum atomic E-state index is -0.296. The number of anilines is 1. The Morgan fingerprint density at radius 3 is 2.76 bits per heavy atom. The van der Waals surface area contributed by atoms with E-state index in [1.54, 1.807) is 18.0 Å². The number of halogens is 1. The van der Waals surface area contributed by atoms with Crippen molar-refractivity contribution in [1.82, 2.24) is 10.2 Å². The third-order valence-electron chi connectivity index (χ3n) is 7.02. The second kappa shape index (κ2) is 7.87. The molecule has 34 heavy (non-hydrogen) atoms. The van der Waals surface area contributed by atoms with Gasteiger partial charge < -0.3 is 29.4 Å². The fourth-order valence-electron chi connectivity index (χ4n) is 5.47. The molecule has 176 valence electrons. The summed E-state index contributed by atoms with van der Waals surface area (Å²) in [5.41, 5.74) is 3.18. The minimum Gasteiger partial charge on any atom is -0.454 e. The van der Waals surface area contributed by atoms with Crippen LogP contribution in [0.4, 0.5) is 5.69 Å². The van der Waals surface area contributed by atoms with Crippen LogP contribution in [-0.4, -0.2) is 24.6 Å². The van der Waals surface area contributed by atoms with E-state index in [1.807, 2.05) is 24.3 Å². The van der Waals surface area contributed by atoms with Gasteiger partial charge in [0.05, 0.1) is 22.1 Å². The first kappa shape index (κ1) is 21.2. The number of hydrogen-bond donors (Lipinski definition) is 2. The van der Waals surface area contributed by atoms with Crippen molar-refractivity contribution >= 4 is 34.2 Å². The summed E-state index contributed by atoms with van der Waals surface area (Å²) in [5, 5.41) is 8.30. The molecule has 7 nitrogen and oxygen atoms in total. The predicted octanol–water partition coefficient (Wildman–Crippen LogP) is 5.73. The first-order chi connectivity index (χ1) is 16.4. The van der Waals surface area contributed by atoms with E-state index >= 15 is 0 Å². The molecule has 1 amide bonds. The van der Waals surface area contributed by atoms with Gasteiger partial charge in [-0.25, -0.2) is 0 Å². The SMILES string of the molecule is C=C1Nc2c(Cl)cc3cc(C(=O)N(C)Cc4ccc5c(c4)OCO5)oc3c2C2(CCCCC2)N1. The summed E-state index contributed by atoms with van der Waals surface area (Å²) >= 11 is 6.70. The third-order valence-corrected chi connectivity index (χ3v) is 7.32. The second-order valence-corrected chi connectivity index (χ2v) is 9.76. The molecule has 1 fully saturated rings. The maximum Gasteiger partial charge on any atom is 0.289 e. The lowest BCUT2D eigenvalue weighted by Gasteiger charge is -2.44. The Bertz CT molecular complexity index is 1330. The van der Waals surface area contributed by atoms with Crippen LogP contribution in [-0.2, 0) is 12.1 Å². The van der Waals surface area contributed by atoms with Crippen LogP contribution >= 0.6 is 11.6 Å². The summed E-state index contributed by atoms with van der Waals surface area (Å²) in [6.07, 6.45) is 5.35. The molecule has 0 saturated heterocycles. The highest BCUT2D eigenvalue weighted by molar-refractivity contribution is 6.34.